The molecule has 0 aromatic carbocycles. The SMILES string of the molecule is CCOC(=O)c1ccnc(S(=O)(=O)NC(=O)N2CC2C#N)c1. The van der Waals surface area contributed by atoms with E-state index in [1.54, 1.807) is 11.6 Å². The molecule has 1 aliphatic rings. The maximum atomic E-state index is 12.0. The molecule has 9 nitrogen and oxygen atoms in total. The highest BCUT2D eigenvalue weighted by molar-refractivity contribution is 7.90. The van der Waals surface area contributed by atoms with Crippen molar-refractivity contribution in [3.05, 3.63) is 23.9 Å². The zero-order chi connectivity index (χ0) is 16.3. The number of carbonyl (C=O) groups is 2. The maximum Gasteiger partial charge on any atom is 0.338 e. The van der Waals surface area contributed by atoms with Gasteiger partial charge in [-0.15, -0.1) is 0 Å². The van der Waals surface area contributed by atoms with Gasteiger partial charge in [0.15, 0.2) is 5.03 Å². The number of ether oxygens (including phenoxy) is 1. The van der Waals surface area contributed by atoms with Crippen LogP contribution in [0.5, 0.6) is 0 Å². The van der Waals surface area contributed by atoms with Crippen LogP contribution in [-0.4, -0.2) is 49.5 Å². The summed E-state index contributed by atoms with van der Waals surface area (Å²) in [5, 5.41) is 8.12. The number of rotatable bonds is 4. The lowest BCUT2D eigenvalue weighted by Gasteiger charge is -2.08. The molecule has 22 heavy (non-hydrogen) atoms. The standard InChI is InChI=1S/C12H12N4O5S/c1-2-21-11(17)8-3-4-14-10(5-8)22(19,20)15-12(18)16-7-9(16)6-13/h3-5,9H,2,7H2,1H3,(H,15,18). The molecule has 2 heterocycles. The number of esters is 1. The lowest BCUT2D eigenvalue weighted by Crippen LogP contribution is -2.35. The van der Waals surface area contributed by atoms with Crippen molar-refractivity contribution < 1.29 is 22.7 Å². The summed E-state index contributed by atoms with van der Waals surface area (Å²) in [5.41, 5.74) is 0.00584. The highest BCUT2D eigenvalue weighted by atomic mass is 32.2. The van der Waals surface area contributed by atoms with Crippen LogP contribution in [0.4, 0.5) is 4.79 Å². The normalized spacial score (nSPS) is 16.5. The molecule has 0 bridgehead atoms. The number of pyridine rings is 1. The van der Waals surface area contributed by atoms with Crippen LogP contribution >= 0.6 is 0 Å². The molecule has 0 spiro atoms. The number of nitriles is 1. The van der Waals surface area contributed by atoms with Gasteiger partial charge in [-0.25, -0.2) is 19.3 Å². The first-order valence-electron chi connectivity index (χ1n) is 6.25. The first-order chi connectivity index (χ1) is 10.4. The third-order valence-corrected chi connectivity index (χ3v) is 3.98. The topological polar surface area (TPSA) is 129 Å². The van der Waals surface area contributed by atoms with Gasteiger partial charge < -0.3 is 9.64 Å². The summed E-state index contributed by atoms with van der Waals surface area (Å²) in [4.78, 5) is 27.9. The van der Waals surface area contributed by atoms with E-state index in [0.29, 0.717) is 0 Å². The number of hydrogen-bond acceptors (Lipinski definition) is 7. The minimum absolute atomic E-state index is 0.00584. The molecule has 2 amide bonds. The predicted molar refractivity (Wildman–Crippen MR) is 72.0 cm³/mol. The number of urea groups is 1. The van der Waals surface area contributed by atoms with Crippen LogP contribution in [0.15, 0.2) is 23.4 Å². The quantitative estimate of drug-likeness (QED) is 0.603. The molecular weight excluding hydrogens is 312 g/mol. The van der Waals surface area contributed by atoms with Gasteiger partial charge in [-0.3, -0.25) is 0 Å². The second kappa shape index (κ2) is 5.98. The van der Waals surface area contributed by atoms with Gasteiger partial charge in [0, 0.05) is 6.20 Å². The van der Waals surface area contributed by atoms with Crippen LogP contribution in [0.1, 0.15) is 17.3 Å². The minimum Gasteiger partial charge on any atom is -0.462 e. The van der Waals surface area contributed by atoms with Gasteiger partial charge in [0.2, 0.25) is 0 Å². The Kier molecular flexibility index (Phi) is 4.27. The van der Waals surface area contributed by atoms with Crippen LogP contribution in [0.3, 0.4) is 0 Å². The molecule has 1 aliphatic heterocycles. The molecule has 2 rings (SSSR count). The molecule has 0 radical (unpaired) electrons. The first-order valence-corrected chi connectivity index (χ1v) is 7.73. The van der Waals surface area contributed by atoms with Crippen LogP contribution in [0, 0.1) is 11.3 Å². The molecule has 116 valence electrons. The molecule has 1 atom stereocenters. The summed E-state index contributed by atoms with van der Waals surface area (Å²) in [6, 6.07) is 2.61. The Bertz CT molecular complexity index is 755. The first kappa shape index (κ1) is 15.7. The second-order valence-corrected chi connectivity index (χ2v) is 5.94. The fourth-order valence-electron chi connectivity index (χ4n) is 1.60. The lowest BCUT2D eigenvalue weighted by atomic mass is 10.3. The number of nitrogens with one attached hydrogen (secondary N) is 1. The fraction of sp³-hybridized carbons (Fsp3) is 0.333. The zero-order valence-electron chi connectivity index (χ0n) is 11.5. The molecule has 0 aliphatic carbocycles. The molecule has 1 saturated heterocycles. The smallest absolute Gasteiger partial charge is 0.338 e. The van der Waals surface area contributed by atoms with E-state index < -0.39 is 33.1 Å². The van der Waals surface area contributed by atoms with Crippen molar-refractivity contribution in [3.8, 4) is 6.07 Å². The van der Waals surface area contributed by atoms with Crippen LogP contribution in [0.2, 0.25) is 0 Å². The Morgan fingerprint density at radius 1 is 1.59 bits per heavy atom. The summed E-state index contributed by atoms with van der Waals surface area (Å²) in [6.45, 7) is 1.94. The monoisotopic (exact) mass is 324 g/mol. The van der Waals surface area contributed by atoms with E-state index in [9.17, 15) is 18.0 Å². The van der Waals surface area contributed by atoms with E-state index in [0.717, 1.165) is 17.2 Å². The van der Waals surface area contributed by atoms with Crippen molar-refractivity contribution in [1.29, 1.82) is 5.26 Å². The second-order valence-electron chi connectivity index (χ2n) is 4.31. The molecule has 0 saturated carbocycles. The van der Waals surface area contributed by atoms with Gasteiger partial charge in [-0.2, -0.15) is 13.7 Å². The molecule has 1 aromatic heterocycles. The molecule has 1 fully saturated rings. The molecule has 1 N–H and O–H groups in total. The van der Waals surface area contributed by atoms with Gasteiger partial charge in [-0.1, -0.05) is 0 Å². The summed E-state index contributed by atoms with van der Waals surface area (Å²) in [7, 11) is -4.24. The van der Waals surface area contributed by atoms with E-state index in [1.807, 2.05) is 6.07 Å². The Balaban J connectivity index is 2.16. The van der Waals surface area contributed by atoms with Gasteiger partial charge in [-0.05, 0) is 19.1 Å². The third kappa shape index (κ3) is 3.32. The number of sulfonamides is 1. The van der Waals surface area contributed by atoms with Gasteiger partial charge >= 0.3 is 12.0 Å². The number of amides is 2. The van der Waals surface area contributed by atoms with Gasteiger partial charge in [0.25, 0.3) is 10.0 Å². The van der Waals surface area contributed by atoms with Gasteiger partial charge in [0.1, 0.15) is 6.04 Å². The molecule has 1 aromatic rings. The maximum absolute atomic E-state index is 12.0. The van der Waals surface area contributed by atoms with Crippen LogP contribution in [0.25, 0.3) is 0 Å². The van der Waals surface area contributed by atoms with Crippen molar-refractivity contribution in [2.45, 2.75) is 18.0 Å². The third-order valence-electron chi connectivity index (χ3n) is 2.77. The van der Waals surface area contributed by atoms with Crippen molar-refractivity contribution in [2.75, 3.05) is 13.2 Å². The largest absolute Gasteiger partial charge is 0.462 e. The lowest BCUT2D eigenvalue weighted by molar-refractivity contribution is 0.0526. The van der Waals surface area contributed by atoms with Crippen molar-refractivity contribution in [3.63, 3.8) is 0 Å². The van der Waals surface area contributed by atoms with E-state index >= 15 is 0 Å². The van der Waals surface area contributed by atoms with E-state index in [2.05, 4.69) is 4.98 Å². The molecule has 1 unspecified atom stereocenters. The number of nitrogens with zero attached hydrogens (tertiary/aromatic N) is 3. The van der Waals surface area contributed by atoms with Gasteiger partial charge in [0.05, 0.1) is 24.8 Å². The van der Waals surface area contributed by atoms with Crippen LogP contribution < -0.4 is 4.72 Å². The summed E-state index contributed by atoms with van der Waals surface area (Å²) >= 11 is 0. The number of aromatic nitrogens is 1. The Hall–Kier alpha value is -2.67. The summed E-state index contributed by atoms with van der Waals surface area (Å²) < 4.78 is 30.6. The zero-order valence-corrected chi connectivity index (χ0v) is 12.3. The molecule has 10 heteroatoms. The predicted octanol–water partition coefficient (Wildman–Crippen LogP) is -0.136. The highest BCUT2D eigenvalue weighted by Gasteiger charge is 2.40. The average molecular weight is 324 g/mol. The van der Waals surface area contributed by atoms with Crippen molar-refractivity contribution in [1.82, 2.24) is 14.6 Å². The number of hydrogen-bond donors (Lipinski definition) is 1. The minimum atomic E-state index is -4.24. The van der Waals surface area contributed by atoms with Crippen molar-refractivity contribution in [2.24, 2.45) is 0 Å². The Morgan fingerprint density at radius 2 is 2.32 bits per heavy atom. The highest BCUT2D eigenvalue weighted by Crippen LogP contribution is 2.17. The number of carbonyl (C=O) groups excluding carboxylic acids is 2. The van der Waals surface area contributed by atoms with E-state index in [4.69, 9.17) is 10.00 Å². The summed E-state index contributed by atoms with van der Waals surface area (Å²) in [6.07, 6.45) is 1.13. The van der Waals surface area contributed by atoms with E-state index in [-0.39, 0.29) is 18.7 Å². The van der Waals surface area contributed by atoms with E-state index in [1.165, 1.54) is 6.07 Å². The Labute approximate surface area is 126 Å². The Morgan fingerprint density at radius 3 is 2.91 bits per heavy atom. The summed E-state index contributed by atoms with van der Waals surface area (Å²) in [5.74, 6) is -0.692. The fourth-order valence-corrected chi connectivity index (χ4v) is 2.53. The average Bonchev–Trinajstić information content (AvgIpc) is 3.27. The molecular formula is C12H12N4O5S. The van der Waals surface area contributed by atoms with Crippen molar-refractivity contribution >= 4 is 22.0 Å². The van der Waals surface area contributed by atoms with Crippen LogP contribution in [-0.2, 0) is 14.8 Å².